The number of allylic oxidation sites excluding steroid dienone is 1. The van der Waals surface area contributed by atoms with Crippen molar-refractivity contribution in [3.63, 3.8) is 0 Å². The van der Waals surface area contributed by atoms with Gasteiger partial charge in [-0.25, -0.2) is 8.42 Å². The van der Waals surface area contributed by atoms with Gasteiger partial charge in [-0.05, 0) is 52.8 Å². The fourth-order valence-corrected chi connectivity index (χ4v) is 4.94. The summed E-state index contributed by atoms with van der Waals surface area (Å²) in [5.41, 5.74) is 1.06. The monoisotopic (exact) mass is 465 g/mol. The van der Waals surface area contributed by atoms with Gasteiger partial charge in [-0.15, -0.1) is 0 Å². The predicted molar refractivity (Wildman–Crippen MR) is 123 cm³/mol. The Bertz CT molecular complexity index is 1130. The van der Waals surface area contributed by atoms with E-state index in [1.165, 1.54) is 24.3 Å². The first-order chi connectivity index (χ1) is 13.6. The lowest BCUT2D eigenvalue weighted by atomic mass is 9.78. The molecule has 0 atom stereocenters. The van der Waals surface area contributed by atoms with Gasteiger partial charge in [-0.2, -0.15) is 5.26 Å². The molecule has 0 amide bonds. The lowest BCUT2D eigenvalue weighted by Gasteiger charge is -2.28. The summed E-state index contributed by atoms with van der Waals surface area (Å²) in [6.07, 6.45) is 1.31. The molecule has 2 rings (SSSR count). The third-order valence-corrected chi connectivity index (χ3v) is 7.01. The molecular weight excluding hydrogens is 441 g/mol. The van der Waals surface area contributed by atoms with E-state index in [0.29, 0.717) is 21.7 Å². The number of aromatic hydroxyl groups is 1. The molecular formula is C23H25Cl2NO3S. The van der Waals surface area contributed by atoms with Gasteiger partial charge in [0.2, 0.25) is 9.84 Å². The molecule has 0 radical (unpaired) electrons. The highest BCUT2D eigenvalue weighted by atomic mass is 35.5. The zero-order valence-corrected chi connectivity index (χ0v) is 20.2. The summed E-state index contributed by atoms with van der Waals surface area (Å²) in [5, 5.41) is 20.7. The Morgan fingerprint density at radius 1 is 1.00 bits per heavy atom. The molecule has 0 bridgehead atoms. The first-order valence-corrected chi connectivity index (χ1v) is 11.5. The fraction of sp³-hybridized carbons (Fsp3) is 0.348. The molecule has 0 aliphatic heterocycles. The van der Waals surface area contributed by atoms with Crippen LogP contribution in [0.25, 0.3) is 6.08 Å². The van der Waals surface area contributed by atoms with Crippen LogP contribution < -0.4 is 0 Å². The van der Waals surface area contributed by atoms with E-state index < -0.39 is 14.7 Å². The molecule has 2 aromatic carbocycles. The predicted octanol–water partition coefficient (Wildman–Crippen LogP) is 6.63. The Hall–Kier alpha value is -2.00. The Balaban J connectivity index is 2.77. The van der Waals surface area contributed by atoms with E-state index in [2.05, 4.69) is 0 Å². The van der Waals surface area contributed by atoms with Crippen LogP contribution in [0.5, 0.6) is 5.75 Å². The minimum absolute atomic E-state index is 0.0554. The number of halogens is 2. The fourth-order valence-electron chi connectivity index (χ4n) is 3.02. The largest absolute Gasteiger partial charge is 0.507 e. The number of sulfone groups is 1. The Morgan fingerprint density at radius 2 is 1.50 bits per heavy atom. The minimum Gasteiger partial charge on any atom is -0.507 e. The van der Waals surface area contributed by atoms with Crippen molar-refractivity contribution in [1.82, 2.24) is 0 Å². The summed E-state index contributed by atoms with van der Waals surface area (Å²) < 4.78 is 26.1. The van der Waals surface area contributed by atoms with Crippen molar-refractivity contribution in [2.24, 2.45) is 0 Å². The molecule has 0 heterocycles. The lowest BCUT2D eigenvalue weighted by Crippen LogP contribution is -2.17. The van der Waals surface area contributed by atoms with Crippen molar-refractivity contribution in [3.05, 3.63) is 62.0 Å². The first kappa shape index (κ1) is 24.3. The molecule has 0 saturated carbocycles. The average molecular weight is 466 g/mol. The van der Waals surface area contributed by atoms with E-state index in [-0.39, 0.29) is 26.5 Å². The maximum absolute atomic E-state index is 13.1. The number of phenols is 1. The van der Waals surface area contributed by atoms with Gasteiger partial charge in [0.25, 0.3) is 0 Å². The second kappa shape index (κ2) is 8.26. The summed E-state index contributed by atoms with van der Waals surface area (Å²) >= 11 is 11.9. The normalized spacial score (nSPS) is 13.2. The van der Waals surface area contributed by atoms with Crippen LogP contribution in [0.15, 0.2) is 40.1 Å². The zero-order valence-electron chi connectivity index (χ0n) is 17.8. The third kappa shape index (κ3) is 5.00. The van der Waals surface area contributed by atoms with Crippen molar-refractivity contribution in [2.75, 3.05) is 0 Å². The molecule has 30 heavy (non-hydrogen) atoms. The van der Waals surface area contributed by atoms with Gasteiger partial charge in [-0.1, -0.05) is 64.7 Å². The number of hydrogen-bond donors (Lipinski definition) is 1. The molecule has 0 saturated heterocycles. The molecule has 0 aliphatic carbocycles. The topological polar surface area (TPSA) is 78.2 Å². The van der Waals surface area contributed by atoms with Crippen molar-refractivity contribution in [2.45, 2.75) is 57.3 Å². The third-order valence-electron chi connectivity index (χ3n) is 4.63. The Labute approximate surface area is 188 Å². The van der Waals surface area contributed by atoms with Crippen molar-refractivity contribution in [3.8, 4) is 11.8 Å². The highest BCUT2D eigenvalue weighted by molar-refractivity contribution is 7.95. The molecule has 1 N–H and O–H groups in total. The molecule has 2 aromatic rings. The van der Waals surface area contributed by atoms with E-state index in [1.54, 1.807) is 18.2 Å². The quantitative estimate of drug-likeness (QED) is 0.515. The van der Waals surface area contributed by atoms with Gasteiger partial charge in [0.05, 0.1) is 9.92 Å². The molecule has 0 aromatic heterocycles. The Kier molecular flexibility index (Phi) is 6.68. The molecule has 160 valence electrons. The van der Waals surface area contributed by atoms with Crippen LogP contribution in [-0.4, -0.2) is 13.5 Å². The number of nitriles is 1. The zero-order chi connectivity index (χ0) is 23.1. The van der Waals surface area contributed by atoms with Crippen molar-refractivity contribution in [1.29, 1.82) is 5.26 Å². The molecule has 0 fully saturated rings. The molecule has 0 unspecified atom stereocenters. The van der Waals surface area contributed by atoms with Gasteiger partial charge in [0.15, 0.2) is 0 Å². The van der Waals surface area contributed by atoms with Gasteiger partial charge in [-0.3, -0.25) is 0 Å². The smallest absolute Gasteiger partial charge is 0.218 e. The highest BCUT2D eigenvalue weighted by Crippen LogP contribution is 2.40. The molecule has 4 nitrogen and oxygen atoms in total. The van der Waals surface area contributed by atoms with Gasteiger partial charge in [0, 0.05) is 16.1 Å². The summed E-state index contributed by atoms with van der Waals surface area (Å²) in [6, 6.07) is 9.21. The van der Waals surface area contributed by atoms with Gasteiger partial charge in [0.1, 0.15) is 16.7 Å². The minimum atomic E-state index is -4.16. The first-order valence-electron chi connectivity index (χ1n) is 9.29. The number of benzene rings is 2. The van der Waals surface area contributed by atoms with E-state index in [4.69, 9.17) is 23.2 Å². The number of nitrogens with zero attached hydrogens (tertiary/aromatic N) is 1. The summed E-state index contributed by atoms with van der Waals surface area (Å²) in [7, 11) is -4.16. The molecule has 0 spiro atoms. The van der Waals surface area contributed by atoms with Crippen LogP contribution in [0.2, 0.25) is 10.0 Å². The maximum Gasteiger partial charge on any atom is 0.218 e. The van der Waals surface area contributed by atoms with Crippen LogP contribution in [0, 0.1) is 11.3 Å². The standard InChI is InChI=1S/C23H25Cl2NO3S/c1-22(2,3)17-10-14(11-18(21(17)27)23(4,5)6)9-16(13-26)30(28,29)20-8-7-15(24)12-19(20)25/h7-12,27H,1-6H3. The van der Waals surface area contributed by atoms with Crippen LogP contribution in [0.3, 0.4) is 0 Å². The number of phenolic OH excluding ortho intramolecular Hbond substituents is 1. The average Bonchev–Trinajstić information content (AvgIpc) is 2.58. The number of hydrogen-bond acceptors (Lipinski definition) is 4. The van der Waals surface area contributed by atoms with Crippen LogP contribution in [0.1, 0.15) is 58.2 Å². The molecule has 7 heteroatoms. The van der Waals surface area contributed by atoms with Gasteiger partial charge < -0.3 is 5.11 Å². The van der Waals surface area contributed by atoms with Crippen molar-refractivity contribution >= 4 is 39.1 Å². The number of rotatable bonds is 3. The van der Waals surface area contributed by atoms with E-state index in [1.807, 2.05) is 41.5 Å². The summed E-state index contributed by atoms with van der Waals surface area (Å²) in [6.45, 7) is 11.7. The Morgan fingerprint density at radius 3 is 1.90 bits per heavy atom. The van der Waals surface area contributed by atoms with Gasteiger partial charge >= 0.3 is 0 Å². The lowest BCUT2D eigenvalue weighted by molar-refractivity contribution is 0.423. The van der Waals surface area contributed by atoms with E-state index >= 15 is 0 Å². The second-order valence-corrected chi connectivity index (χ2v) is 11.9. The van der Waals surface area contributed by atoms with E-state index in [0.717, 1.165) is 0 Å². The van der Waals surface area contributed by atoms with Crippen LogP contribution >= 0.6 is 23.2 Å². The van der Waals surface area contributed by atoms with Crippen molar-refractivity contribution < 1.29 is 13.5 Å². The highest BCUT2D eigenvalue weighted by Gasteiger charge is 2.28. The maximum atomic E-state index is 13.1. The SMILES string of the molecule is CC(C)(C)c1cc(C=C(C#N)S(=O)(=O)c2ccc(Cl)cc2Cl)cc(C(C)(C)C)c1O. The van der Waals surface area contributed by atoms with Crippen LogP contribution in [-0.2, 0) is 20.7 Å². The summed E-state index contributed by atoms with van der Waals surface area (Å²) in [4.78, 5) is -0.635. The van der Waals surface area contributed by atoms with E-state index in [9.17, 15) is 18.8 Å². The van der Waals surface area contributed by atoms with Crippen LogP contribution in [0.4, 0.5) is 0 Å². The summed E-state index contributed by atoms with van der Waals surface area (Å²) in [5.74, 6) is 0.175. The molecule has 0 aliphatic rings. The second-order valence-electron chi connectivity index (χ2n) is 9.16.